The van der Waals surface area contributed by atoms with E-state index in [1.165, 1.54) is 55.2 Å². The summed E-state index contributed by atoms with van der Waals surface area (Å²) in [6.45, 7) is 4.49. The molecule has 9 rings (SSSR count). The number of hydrogen-bond acceptors (Lipinski definition) is 3. The van der Waals surface area contributed by atoms with Gasteiger partial charge in [-0.05, 0) is 96.5 Å². The number of rotatable bonds is 5. The van der Waals surface area contributed by atoms with Crippen molar-refractivity contribution in [2.24, 2.45) is 0 Å². The Hall–Kier alpha value is -5.45. The van der Waals surface area contributed by atoms with Crippen molar-refractivity contribution in [3.63, 3.8) is 0 Å². The molecule has 1 radical (unpaired) electrons. The van der Waals surface area contributed by atoms with Gasteiger partial charge in [0.15, 0.2) is 0 Å². The summed E-state index contributed by atoms with van der Waals surface area (Å²) in [7, 11) is 0. The van der Waals surface area contributed by atoms with Crippen LogP contribution in [0.4, 0.5) is 0 Å². The largest absolute Gasteiger partial charge is 0.333 e. The third-order valence-corrected chi connectivity index (χ3v) is 10.1. The fourth-order valence-electron chi connectivity index (χ4n) is 6.93. The van der Waals surface area contributed by atoms with Crippen molar-refractivity contribution in [2.75, 3.05) is 0 Å². The molecule has 0 spiro atoms. The number of nitrogens with zero attached hydrogens (tertiary/aromatic N) is 3. The molecule has 0 N–H and O–H groups in total. The zero-order valence-corrected chi connectivity index (χ0v) is 32.7. The molecule has 0 aliphatic rings. The topological polar surface area (TPSA) is 30.7 Å². The Morgan fingerprint density at radius 1 is 0.679 bits per heavy atom. The first-order chi connectivity index (χ1) is 26.6. The number of thiophene rings is 1. The SMILES string of the molecule is Cc1cc(C)c(-c2ccc3s[c-]c(-c4nc5ccccc5n4-c4ccc(-c5ccccc5)cc4)c3c2)c(C)c1.[2H]C([2H])([2H])c1ccc(-c2[c-]cccc2)nc1.[Ir]. The van der Waals surface area contributed by atoms with E-state index in [1.807, 2.05) is 18.2 Å². The van der Waals surface area contributed by atoms with Crippen LogP contribution >= 0.6 is 11.3 Å². The van der Waals surface area contributed by atoms with Crippen molar-refractivity contribution in [1.29, 1.82) is 0 Å². The van der Waals surface area contributed by atoms with Crippen molar-refractivity contribution < 1.29 is 24.2 Å². The van der Waals surface area contributed by atoms with Crippen molar-refractivity contribution in [1.82, 2.24) is 14.5 Å². The minimum atomic E-state index is -2.09. The number of aryl methyl sites for hydroxylation is 4. The average Bonchev–Trinajstić information content (AvgIpc) is 3.80. The predicted octanol–water partition coefficient (Wildman–Crippen LogP) is 12.8. The molecule has 5 heteroatoms. The van der Waals surface area contributed by atoms with Crippen LogP contribution in [-0.2, 0) is 20.1 Å². The summed E-state index contributed by atoms with van der Waals surface area (Å²) >= 11 is 1.66. The van der Waals surface area contributed by atoms with Gasteiger partial charge in [-0.2, -0.15) is 0 Å². The number of fused-ring (bicyclic) bond motifs is 2. The molecular formula is C48H37IrN3S-2. The summed E-state index contributed by atoms with van der Waals surface area (Å²) in [5.74, 6) is 0.921. The summed E-state index contributed by atoms with van der Waals surface area (Å²) in [4.78, 5) is 9.27. The zero-order chi connectivity index (χ0) is 38.1. The summed E-state index contributed by atoms with van der Waals surface area (Å²) in [6, 6.07) is 52.8. The van der Waals surface area contributed by atoms with Crippen LogP contribution in [0.25, 0.3) is 71.7 Å². The van der Waals surface area contributed by atoms with E-state index in [4.69, 9.17) is 9.10 Å². The van der Waals surface area contributed by atoms with Gasteiger partial charge in [-0.25, -0.2) is 0 Å². The normalized spacial score (nSPS) is 11.9. The van der Waals surface area contributed by atoms with E-state index < -0.39 is 6.85 Å². The Balaban J connectivity index is 0.000000238. The number of benzene rings is 6. The van der Waals surface area contributed by atoms with Gasteiger partial charge in [-0.3, -0.25) is 16.3 Å². The zero-order valence-electron chi connectivity index (χ0n) is 32.5. The van der Waals surface area contributed by atoms with Crippen LogP contribution in [0, 0.1) is 39.1 Å². The molecule has 9 aromatic rings. The first-order valence-electron chi connectivity index (χ1n) is 18.7. The number of hydrogen-bond donors (Lipinski definition) is 0. The van der Waals surface area contributed by atoms with Crippen LogP contribution in [0.2, 0.25) is 0 Å². The van der Waals surface area contributed by atoms with E-state index in [-0.39, 0.29) is 25.7 Å². The summed E-state index contributed by atoms with van der Waals surface area (Å²) in [6.07, 6.45) is 1.39. The second-order valence-corrected chi connectivity index (χ2v) is 13.8. The van der Waals surface area contributed by atoms with Crippen molar-refractivity contribution in [3.8, 4) is 50.6 Å². The molecule has 0 saturated carbocycles. The third-order valence-electron chi connectivity index (χ3n) is 9.24. The van der Waals surface area contributed by atoms with E-state index in [9.17, 15) is 0 Å². The fraction of sp³-hybridized carbons (Fsp3) is 0.0833. The van der Waals surface area contributed by atoms with Gasteiger partial charge in [0, 0.05) is 36.1 Å². The van der Waals surface area contributed by atoms with Gasteiger partial charge < -0.3 is 9.55 Å². The van der Waals surface area contributed by atoms with Gasteiger partial charge in [0.25, 0.3) is 0 Å². The van der Waals surface area contributed by atoms with Crippen LogP contribution < -0.4 is 0 Å². The van der Waals surface area contributed by atoms with Gasteiger partial charge in [0.2, 0.25) is 0 Å². The molecule has 3 nitrogen and oxygen atoms in total. The molecule has 53 heavy (non-hydrogen) atoms. The van der Waals surface area contributed by atoms with Crippen molar-refractivity contribution in [3.05, 3.63) is 185 Å². The molecule has 0 amide bonds. The number of pyridine rings is 1. The number of imidazole rings is 1. The maximum absolute atomic E-state index is 7.23. The van der Waals surface area contributed by atoms with Crippen LogP contribution in [0.15, 0.2) is 152 Å². The van der Waals surface area contributed by atoms with E-state index >= 15 is 0 Å². The van der Waals surface area contributed by atoms with Gasteiger partial charge in [0.1, 0.15) is 0 Å². The van der Waals surface area contributed by atoms with Crippen molar-refractivity contribution >= 4 is 32.5 Å². The summed E-state index contributed by atoms with van der Waals surface area (Å²) < 4.78 is 25.2. The molecule has 0 saturated heterocycles. The molecule has 3 heterocycles. The number of aromatic nitrogens is 3. The first kappa shape index (κ1) is 32.2. The molecule has 6 aromatic carbocycles. The summed E-state index contributed by atoms with van der Waals surface area (Å²) in [5, 5.41) is 4.80. The van der Waals surface area contributed by atoms with Gasteiger partial charge in [-0.15, -0.1) is 41.3 Å². The molecule has 0 aliphatic carbocycles. The second-order valence-electron chi connectivity index (χ2n) is 12.9. The van der Waals surface area contributed by atoms with Gasteiger partial charge >= 0.3 is 0 Å². The van der Waals surface area contributed by atoms with Crippen molar-refractivity contribution in [2.45, 2.75) is 27.6 Å². The third kappa shape index (κ3) is 7.42. The molecular weight excluding hydrogens is 843 g/mol. The summed E-state index contributed by atoms with van der Waals surface area (Å²) in [5.41, 5.74) is 14.9. The minimum absolute atomic E-state index is 0. The monoisotopic (exact) mass is 883 g/mol. The second kappa shape index (κ2) is 15.7. The van der Waals surface area contributed by atoms with E-state index in [1.54, 1.807) is 29.5 Å². The standard InChI is InChI=1S/C36H27N2S.C12H10N.Ir/c1-23-19-24(2)35(25(3)20-23)28-15-18-34-30(21-28)31(22-39-34)36-37-32-11-7-8-12-33(32)38(36)29-16-13-27(14-17-29)26-9-5-4-6-10-26;1-10-7-8-12(13-9-10)11-5-3-2-4-6-11;/h4-21H,1-3H3;2-5,7-9H,1H3;/q2*-1;/i;1D3;. The van der Waals surface area contributed by atoms with Crippen LogP contribution in [0.1, 0.15) is 26.4 Å². The first-order valence-corrected chi connectivity index (χ1v) is 18.1. The maximum Gasteiger partial charge on any atom is 0.0774 e. The van der Waals surface area contributed by atoms with Gasteiger partial charge in [0.05, 0.1) is 16.9 Å². The molecule has 3 aromatic heterocycles. The molecule has 261 valence electrons. The van der Waals surface area contributed by atoms with E-state index in [0.717, 1.165) is 39.4 Å². The molecule has 0 unspecified atom stereocenters. The molecule has 0 bridgehead atoms. The Morgan fingerprint density at radius 3 is 2.11 bits per heavy atom. The van der Waals surface area contributed by atoms with Crippen LogP contribution in [0.5, 0.6) is 0 Å². The van der Waals surface area contributed by atoms with Gasteiger partial charge in [-0.1, -0.05) is 118 Å². The molecule has 0 atom stereocenters. The fourth-order valence-corrected chi connectivity index (χ4v) is 7.75. The van der Waals surface area contributed by atoms with E-state index in [2.05, 4.69) is 151 Å². The Bertz CT molecular complexity index is 2730. The van der Waals surface area contributed by atoms with Crippen LogP contribution in [-0.4, -0.2) is 14.5 Å². The molecule has 0 fully saturated rings. The average molecular weight is 883 g/mol. The molecule has 0 aliphatic heterocycles. The van der Waals surface area contributed by atoms with E-state index in [0.29, 0.717) is 0 Å². The quantitative estimate of drug-likeness (QED) is 0.161. The smallest absolute Gasteiger partial charge is 0.0774 e. The maximum atomic E-state index is 7.23. The number of para-hydroxylation sites is 2. The Morgan fingerprint density at radius 2 is 1.40 bits per heavy atom. The Labute approximate surface area is 333 Å². The minimum Gasteiger partial charge on any atom is -0.333 e. The Kier molecular flexibility index (Phi) is 9.52. The predicted molar refractivity (Wildman–Crippen MR) is 219 cm³/mol. The van der Waals surface area contributed by atoms with Crippen LogP contribution in [0.3, 0.4) is 0 Å².